The SMILES string of the molecule is OC1CSCC1c1nc(-c2cc(Br)cs2)no1. The summed E-state index contributed by atoms with van der Waals surface area (Å²) in [5, 5.41) is 15.7. The van der Waals surface area contributed by atoms with E-state index >= 15 is 0 Å². The molecule has 7 heteroatoms. The first kappa shape index (κ1) is 11.7. The molecule has 3 heterocycles. The Labute approximate surface area is 115 Å². The van der Waals surface area contributed by atoms with Gasteiger partial charge in [0.2, 0.25) is 11.7 Å². The highest BCUT2D eigenvalue weighted by atomic mass is 79.9. The Bertz CT molecular complexity index is 528. The van der Waals surface area contributed by atoms with Gasteiger partial charge in [0, 0.05) is 21.4 Å². The van der Waals surface area contributed by atoms with Crippen LogP contribution >= 0.6 is 39.0 Å². The van der Waals surface area contributed by atoms with E-state index in [0.717, 1.165) is 20.9 Å². The Morgan fingerprint density at radius 1 is 1.47 bits per heavy atom. The van der Waals surface area contributed by atoms with Crippen LogP contribution in [0.2, 0.25) is 0 Å². The van der Waals surface area contributed by atoms with Crippen molar-refractivity contribution < 1.29 is 9.63 Å². The van der Waals surface area contributed by atoms with E-state index in [2.05, 4.69) is 26.1 Å². The maximum Gasteiger partial charge on any atom is 0.233 e. The minimum Gasteiger partial charge on any atom is -0.391 e. The molecule has 1 N–H and O–H groups in total. The lowest BCUT2D eigenvalue weighted by Gasteiger charge is -2.06. The summed E-state index contributed by atoms with van der Waals surface area (Å²) in [6.45, 7) is 0. The first-order valence-electron chi connectivity index (χ1n) is 5.08. The van der Waals surface area contributed by atoms with E-state index in [1.807, 2.05) is 11.4 Å². The molecule has 0 spiro atoms. The number of aliphatic hydroxyl groups excluding tert-OH is 1. The monoisotopic (exact) mass is 332 g/mol. The number of rotatable bonds is 2. The van der Waals surface area contributed by atoms with Gasteiger partial charge in [0.05, 0.1) is 16.9 Å². The molecule has 2 aromatic heterocycles. The lowest BCUT2D eigenvalue weighted by molar-refractivity contribution is 0.164. The summed E-state index contributed by atoms with van der Waals surface area (Å²) in [5.74, 6) is 2.70. The van der Waals surface area contributed by atoms with Gasteiger partial charge in [0.25, 0.3) is 0 Å². The van der Waals surface area contributed by atoms with Crippen LogP contribution in [-0.2, 0) is 0 Å². The van der Waals surface area contributed by atoms with Gasteiger partial charge in [-0.3, -0.25) is 0 Å². The smallest absolute Gasteiger partial charge is 0.233 e. The Kier molecular flexibility index (Phi) is 3.25. The zero-order chi connectivity index (χ0) is 11.8. The highest BCUT2D eigenvalue weighted by molar-refractivity contribution is 9.10. The average molecular weight is 333 g/mol. The van der Waals surface area contributed by atoms with Gasteiger partial charge in [-0.15, -0.1) is 11.3 Å². The molecule has 17 heavy (non-hydrogen) atoms. The second kappa shape index (κ2) is 4.72. The summed E-state index contributed by atoms with van der Waals surface area (Å²) in [5.41, 5.74) is 0. The van der Waals surface area contributed by atoms with Crippen LogP contribution in [0.3, 0.4) is 0 Å². The molecule has 2 aromatic rings. The van der Waals surface area contributed by atoms with E-state index in [-0.39, 0.29) is 12.0 Å². The number of nitrogens with zero attached hydrogens (tertiary/aromatic N) is 2. The molecule has 2 unspecified atom stereocenters. The molecule has 0 saturated carbocycles. The molecule has 1 fully saturated rings. The summed E-state index contributed by atoms with van der Waals surface area (Å²) in [7, 11) is 0. The molecule has 0 radical (unpaired) electrons. The molecule has 1 saturated heterocycles. The fraction of sp³-hybridized carbons (Fsp3) is 0.400. The zero-order valence-electron chi connectivity index (χ0n) is 8.67. The van der Waals surface area contributed by atoms with Crippen molar-refractivity contribution in [3.05, 3.63) is 21.8 Å². The van der Waals surface area contributed by atoms with Gasteiger partial charge < -0.3 is 9.63 Å². The second-order valence-electron chi connectivity index (χ2n) is 3.80. The Balaban J connectivity index is 1.87. The molecule has 3 rings (SSSR count). The highest BCUT2D eigenvalue weighted by Gasteiger charge is 2.32. The third kappa shape index (κ3) is 2.29. The zero-order valence-corrected chi connectivity index (χ0v) is 11.9. The lowest BCUT2D eigenvalue weighted by atomic mass is 10.1. The van der Waals surface area contributed by atoms with Gasteiger partial charge in [0.1, 0.15) is 0 Å². The second-order valence-corrected chi connectivity index (χ2v) is 6.70. The number of thiophene rings is 1. The summed E-state index contributed by atoms with van der Waals surface area (Å²) in [4.78, 5) is 5.33. The summed E-state index contributed by atoms with van der Waals surface area (Å²) < 4.78 is 6.25. The van der Waals surface area contributed by atoms with Gasteiger partial charge in [-0.1, -0.05) is 5.16 Å². The highest BCUT2D eigenvalue weighted by Crippen LogP contribution is 2.34. The van der Waals surface area contributed by atoms with Crippen LogP contribution in [0, 0.1) is 0 Å². The standard InChI is InChI=1S/C10H9BrN2O2S2/c11-5-1-8(17-2-5)9-12-10(15-13-9)6-3-16-4-7(6)14/h1-2,6-7,14H,3-4H2. The third-order valence-corrected chi connectivity index (χ3v) is 5.46. The fourth-order valence-electron chi connectivity index (χ4n) is 1.70. The first-order valence-corrected chi connectivity index (χ1v) is 7.90. The number of aromatic nitrogens is 2. The summed E-state index contributed by atoms with van der Waals surface area (Å²) >= 11 is 6.66. The van der Waals surface area contributed by atoms with Crippen molar-refractivity contribution in [3.63, 3.8) is 0 Å². The molecular formula is C10H9BrN2O2S2. The van der Waals surface area contributed by atoms with Crippen molar-refractivity contribution >= 4 is 39.0 Å². The van der Waals surface area contributed by atoms with Crippen molar-refractivity contribution in [1.29, 1.82) is 0 Å². The first-order chi connectivity index (χ1) is 8.24. The van der Waals surface area contributed by atoms with Crippen LogP contribution in [0.1, 0.15) is 11.8 Å². The Morgan fingerprint density at radius 2 is 2.35 bits per heavy atom. The van der Waals surface area contributed by atoms with Crippen LogP contribution < -0.4 is 0 Å². The summed E-state index contributed by atoms with van der Waals surface area (Å²) in [6.07, 6.45) is -0.372. The van der Waals surface area contributed by atoms with Crippen LogP contribution in [0.4, 0.5) is 0 Å². The van der Waals surface area contributed by atoms with Crippen LogP contribution in [0.5, 0.6) is 0 Å². The number of aliphatic hydroxyl groups is 1. The van der Waals surface area contributed by atoms with Gasteiger partial charge in [-0.2, -0.15) is 16.7 Å². The van der Waals surface area contributed by atoms with Gasteiger partial charge >= 0.3 is 0 Å². The largest absolute Gasteiger partial charge is 0.391 e. The molecular weight excluding hydrogens is 324 g/mol. The minimum absolute atomic E-state index is 0.0235. The van der Waals surface area contributed by atoms with Gasteiger partial charge in [-0.05, 0) is 22.0 Å². The predicted molar refractivity (Wildman–Crippen MR) is 71.4 cm³/mol. The number of thioether (sulfide) groups is 1. The molecule has 0 amide bonds. The van der Waals surface area contributed by atoms with Gasteiger partial charge in [-0.25, -0.2) is 0 Å². The summed E-state index contributed by atoms with van der Waals surface area (Å²) in [6, 6.07) is 1.96. The quantitative estimate of drug-likeness (QED) is 0.916. The van der Waals surface area contributed by atoms with Gasteiger partial charge in [0.15, 0.2) is 0 Å². The maximum atomic E-state index is 9.77. The molecule has 90 valence electrons. The molecule has 4 nitrogen and oxygen atoms in total. The third-order valence-electron chi connectivity index (χ3n) is 2.60. The van der Waals surface area contributed by atoms with Crippen molar-refractivity contribution in [3.8, 4) is 10.7 Å². The van der Waals surface area contributed by atoms with Crippen molar-refractivity contribution in [1.82, 2.24) is 10.1 Å². The van der Waals surface area contributed by atoms with Crippen LogP contribution in [0.25, 0.3) is 10.7 Å². The van der Waals surface area contributed by atoms with Crippen LogP contribution in [0.15, 0.2) is 20.4 Å². The van der Waals surface area contributed by atoms with E-state index in [9.17, 15) is 5.11 Å². The van der Waals surface area contributed by atoms with Crippen molar-refractivity contribution in [2.24, 2.45) is 0 Å². The Morgan fingerprint density at radius 3 is 3.00 bits per heavy atom. The fourth-order valence-corrected chi connectivity index (χ4v) is 4.28. The molecule has 1 aliphatic rings. The van der Waals surface area contributed by atoms with Crippen molar-refractivity contribution in [2.75, 3.05) is 11.5 Å². The number of hydrogen-bond acceptors (Lipinski definition) is 6. The number of halogens is 1. The topological polar surface area (TPSA) is 59.2 Å². The minimum atomic E-state index is -0.372. The van der Waals surface area contributed by atoms with E-state index in [4.69, 9.17) is 4.52 Å². The number of hydrogen-bond donors (Lipinski definition) is 1. The maximum absolute atomic E-state index is 9.77. The van der Waals surface area contributed by atoms with Crippen molar-refractivity contribution in [2.45, 2.75) is 12.0 Å². The molecule has 0 bridgehead atoms. The molecule has 1 aliphatic heterocycles. The predicted octanol–water partition coefficient (Wildman–Crippen LogP) is 2.75. The Hall–Kier alpha value is -0.370. The lowest BCUT2D eigenvalue weighted by Crippen LogP contribution is -2.15. The van der Waals surface area contributed by atoms with Crippen LogP contribution in [-0.4, -0.2) is 32.9 Å². The van der Waals surface area contributed by atoms with E-state index < -0.39 is 0 Å². The van der Waals surface area contributed by atoms with E-state index in [0.29, 0.717) is 11.7 Å². The molecule has 2 atom stereocenters. The molecule has 0 aliphatic carbocycles. The van der Waals surface area contributed by atoms with E-state index in [1.54, 1.807) is 23.1 Å². The average Bonchev–Trinajstić information content (AvgIpc) is 2.97. The normalized spacial score (nSPS) is 24.4. The van der Waals surface area contributed by atoms with E-state index in [1.165, 1.54) is 0 Å². The molecule has 0 aromatic carbocycles.